The van der Waals surface area contributed by atoms with Crippen LogP contribution in [-0.4, -0.2) is 25.6 Å². The number of hydrogen-bond acceptors (Lipinski definition) is 5. The number of carbonyl (C=O) groups excluding carboxylic acids is 1. The number of hydrogen-bond donors (Lipinski definition) is 0. The molecule has 0 aromatic heterocycles. The molecule has 1 aliphatic rings. The molecule has 1 heterocycles. The number of carbonyl (C=O) groups is 1. The van der Waals surface area contributed by atoms with Gasteiger partial charge in [0, 0.05) is 22.8 Å². The molecule has 0 bridgehead atoms. The summed E-state index contributed by atoms with van der Waals surface area (Å²) in [5.41, 5.74) is 1.44. The topological polar surface area (TPSA) is 78.8 Å². The van der Waals surface area contributed by atoms with E-state index in [2.05, 4.69) is 21.1 Å². The van der Waals surface area contributed by atoms with Crippen LogP contribution >= 0.6 is 27.5 Å². The maximum atomic E-state index is 11.5. The molecule has 0 N–H and O–H groups in total. The van der Waals surface area contributed by atoms with Gasteiger partial charge in [0.05, 0.1) is 5.33 Å². The number of benzene rings is 1. The third-order valence-corrected chi connectivity index (χ3v) is 4.24. The zero-order chi connectivity index (χ0) is 14.7. The Morgan fingerprint density at radius 2 is 2.35 bits per heavy atom. The van der Waals surface area contributed by atoms with Crippen LogP contribution in [0.2, 0.25) is 5.02 Å². The van der Waals surface area contributed by atoms with Crippen LogP contribution in [0.5, 0.6) is 0 Å². The molecule has 0 aliphatic carbocycles. The second-order valence-corrected chi connectivity index (χ2v) is 6.02. The maximum absolute atomic E-state index is 11.5. The van der Waals surface area contributed by atoms with Crippen molar-refractivity contribution in [2.75, 3.05) is 5.33 Å². The molecule has 0 amide bonds. The van der Waals surface area contributed by atoms with E-state index in [1.807, 2.05) is 0 Å². The number of oxime groups is 1. The Kier molecular flexibility index (Phi) is 5.31. The maximum Gasteiger partial charge on any atom is 0.191 e. The third kappa shape index (κ3) is 3.46. The number of Topliss-reactive ketones (excluding diaryl/α,β-unsaturated/α-hetero) is 1. The fourth-order valence-electron chi connectivity index (χ4n) is 1.97. The first-order valence-electron chi connectivity index (χ1n) is 5.68. The van der Waals surface area contributed by atoms with Gasteiger partial charge < -0.3 is 9.39 Å². The van der Waals surface area contributed by atoms with Crippen LogP contribution in [0.4, 0.5) is 0 Å². The van der Waals surface area contributed by atoms with Gasteiger partial charge in [0.2, 0.25) is 0 Å². The van der Waals surface area contributed by atoms with Crippen molar-refractivity contribution in [1.82, 2.24) is 0 Å². The lowest BCUT2D eigenvalue weighted by molar-refractivity contribution is -0.110. The Labute approximate surface area is 131 Å². The summed E-state index contributed by atoms with van der Waals surface area (Å²) < 4.78 is 21.8. The molecule has 0 fully saturated rings. The Morgan fingerprint density at radius 1 is 1.60 bits per heavy atom. The highest BCUT2D eigenvalue weighted by atomic mass is 79.9. The van der Waals surface area contributed by atoms with Crippen LogP contribution in [0.25, 0.3) is 0 Å². The molecule has 20 heavy (non-hydrogen) atoms. The highest BCUT2D eigenvalue weighted by Crippen LogP contribution is 2.35. The molecule has 1 aromatic carbocycles. The predicted octanol–water partition coefficient (Wildman–Crippen LogP) is 2.50. The molecule has 0 spiro atoms. The van der Waals surface area contributed by atoms with E-state index in [1.165, 1.54) is 0 Å². The third-order valence-electron chi connectivity index (χ3n) is 2.85. The summed E-state index contributed by atoms with van der Waals surface area (Å²) in [5.74, 6) is -0.314. The average molecular weight is 380 g/mol. The SMILES string of the molecule is O=C(CBr)C1=NOC(c2c(Cl)cccc2CS(=O)[O-])C1. The molecule has 1 aromatic rings. The first kappa shape index (κ1) is 15.6. The van der Waals surface area contributed by atoms with E-state index in [4.69, 9.17) is 16.4 Å². The molecule has 8 heteroatoms. The number of nitrogens with zero attached hydrogens (tertiary/aromatic N) is 1. The van der Waals surface area contributed by atoms with Crippen LogP contribution in [0.15, 0.2) is 23.4 Å². The minimum atomic E-state index is -2.23. The van der Waals surface area contributed by atoms with Gasteiger partial charge in [0.25, 0.3) is 0 Å². The van der Waals surface area contributed by atoms with Crippen molar-refractivity contribution in [1.29, 1.82) is 0 Å². The molecular formula is C12H10BrClNO4S-. The first-order chi connectivity index (χ1) is 9.52. The van der Waals surface area contributed by atoms with E-state index in [0.29, 0.717) is 21.9 Å². The fourth-order valence-corrected chi connectivity index (χ4v) is 3.11. The quantitative estimate of drug-likeness (QED) is 0.581. The van der Waals surface area contributed by atoms with Gasteiger partial charge >= 0.3 is 0 Å². The van der Waals surface area contributed by atoms with Crippen LogP contribution in [0.3, 0.4) is 0 Å². The van der Waals surface area contributed by atoms with Crippen molar-refractivity contribution < 1.29 is 18.4 Å². The van der Waals surface area contributed by atoms with Gasteiger partial charge in [-0.2, -0.15) is 0 Å². The van der Waals surface area contributed by atoms with E-state index in [0.717, 1.165) is 0 Å². The van der Waals surface area contributed by atoms with Gasteiger partial charge in [-0.1, -0.05) is 55.9 Å². The normalized spacial score (nSPS) is 19.4. The monoisotopic (exact) mass is 378 g/mol. The lowest BCUT2D eigenvalue weighted by Gasteiger charge is -2.16. The summed E-state index contributed by atoms with van der Waals surface area (Å²) in [6, 6.07) is 5.00. The van der Waals surface area contributed by atoms with Gasteiger partial charge in [-0.15, -0.1) is 0 Å². The van der Waals surface area contributed by atoms with E-state index in [1.54, 1.807) is 18.2 Å². The van der Waals surface area contributed by atoms with Crippen molar-refractivity contribution in [3.63, 3.8) is 0 Å². The van der Waals surface area contributed by atoms with Crippen LogP contribution in [0.1, 0.15) is 23.7 Å². The Hall–Kier alpha value is -0.760. The fraction of sp³-hybridized carbons (Fsp3) is 0.333. The van der Waals surface area contributed by atoms with Crippen LogP contribution in [0, 0.1) is 0 Å². The van der Waals surface area contributed by atoms with E-state index in [9.17, 15) is 13.6 Å². The minimum absolute atomic E-state index is 0.155. The second kappa shape index (κ2) is 6.80. The smallest absolute Gasteiger partial charge is 0.191 e. The summed E-state index contributed by atoms with van der Waals surface area (Å²) in [4.78, 5) is 16.8. The van der Waals surface area contributed by atoms with Crippen molar-refractivity contribution in [2.45, 2.75) is 18.3 Å². The van der Waals surface area contributed by atoms with Crippen molar-refractivity contribution in [3.8, 4) is 0 Å². The van der Waals surface area contributed by atoms with Gasteiger partial charge in [-0.25, -0.2) is 0 Å². The second-order valence-electron chi connectivity index (χ2n) is 4.15. The molecule has 2 atom stereocenters. The van der Waals surface area contributed by atoms with E-state index in [-0.39, 0.29) is 23.3 Å². The van der Waals surface area contributed by atoms with Crippen molar-refractivity contribution in [2.24, 2.45) is 5.16 Å². The molecule has 0 saturated heterocycles. The number of rotatable bonds is 5. The van der Waals surface area contributed by atoms with Gasteiger partial charge in [-0.05, 0) is 11.6 Å². The minimum Gasteiger partial charge on any atom is -0.772 e. The first-order valence-corrected chi connectivity index (χ1v) is 8.42. The summed E-state index contributed by atoms with van der Waals surface area (Å²) in [5, 5.41) is 4.32. The molecule has 2 rings (SSSR count). The molecule has 0 radical (unpaired) electrons. The zero-order valence-electron chi connectivity index (χ0n) is 10.2. The Balaban J connectivity index is 2.26. The number of halogens is 2. The van der Waals surface area contributed by atoms with Gasteiger partial charge in [0.15, 0.2) is 11.9 Å². The van der Waals surface area contributed by atoms with Crippen LogP contribution < -0.4 is 0 Å². The average Bonchev–Trinajstić information content (AvgIpc) is 2.86. The molecule has 2 unspecified atom stereocenters. The Morgan fingerprint density at radius 3 is 3.00 bits per heavy atom. The highest BCUT2D eigenvalue weighted by Gasteiger charge is 2.29. The lowest BCUT2D eigenvalue weighted by atomic mass is 9.99. The highest BCUT2D eigenvalue weighted by molar-refractivity contribution is 9.09. The zero-order valence-corrected chi connectivity index (χ0v) is 13.3. The van der Waals surface area contributed by atoms with Crippen LogP contribution in [-0.2, 0) is 26.5 Å². The van der Waals surface area contributed by atoms with Gasteiger partial charge in [-0.3, -0.25) is 9.00 Å². The molecule has 0 saturated carbocycles. The summed E-state index contributed by atoms with van der Waals surface area (Å²) in [6.07, 6.45) is -0.243. The van der Waals surface area contributed by atoms with E-state index >= 15 is 0 Å². The number of alkyl halides is 1. The standard InChI is InChI=1S/C12H11BrClNO4S/c13-5-10(16)9-4-11(19-15-9)12-7(6-20(17)18)2-1-3-8(12)14/h1-3,11H,4-6H2,(H,17,18)/p-1. The van der Waals surface area contributed by atoms with Crippen molar-refractivity contribution in [3.05, 3.63) is 34.3 Å². The van der Waals surface area contributed by atoms with Gasteiger partial charge in [0.1, 0.15) is 5.71 Å². The predicted molar refractivity (Wildman–Crippen MR) is 78.8 cm³/mol. The molecule has 108 valence electrons. The summed E-state index contributed by atoms with van der Waals surface area (Å²) in [7, 11) is 0. The van der Waals surface area contributed by atoms with E-state index < -0.39 is 17.2 Å². The van der Waals surface area contributed by atoms with Crippen molar-refractivity contribution >= 4 is 50.1 Å². The number of ketones is 1. The Bertz CT molecular complexity index is 593. The summed E-state index contributed by atoms with van der Waals surface area (Å²) in [6.45, 7) is 0. The summed E-state index contributed by atoms with van der Waals surface area (Å²) >= 11 is 6.97. The lowest BCUT2D eigenvalue weighted by Crippen LogP contribution is -2.14. The molecular weight excluding hydrogens is 370 g/mol. The largest absolute Gasteiger partial charge is 0.772 e. The molecule has 5 nitrogen and oxygen atoms in total. The molecule has 1 aliphatic heterocycles.